The van der Waals surface area contributed by atoms with Crippen molar-refractivity contribution in [1.29, 1.82) is 5.26 Å². The van der Waals surface area contributed by atoms with Gasteiger partial charge in [-0.3, -0.25) is 4.79 Å². The first-order valence-corrected chi connectivity index (χ1v) is 9.45. The minimum Gasteiger partial charge on any atom is -0.411 e. The Labute approximate surface area is 165 Å². The van der Waals surface area contributed by atoms with Crippen molar-refractivity contribution in [3.05, 3.63) is 58.6 Å². The van der Waals surface area contributed by atoms with Gasteiger partial charge >= 0.3 is 0 Å². The van der Waals surface area contributed by atoms with Crippen LogP contribution in [-0.2, 0) is 4.79 Å². The standard InChI is InChI=1S/C19H15ClN4O2S/c1-12-4-2-3-5-15(12)18-23-24-19(26-18)27-9-8-17(25)22-14-7-6-13(11-21)16(20)10-14/h2-7,10H,8-9H2,1H3,(H,22,25). The fourth-order valence-corrected chi connectivity index (χ4v) is 3.25. The highest BCUT2D eigenvalue weighted by Gasteiger charge is 2.12. The van der Waals surface area contributed by atoms with E-state index < -0.39 is 0 Å². The molecule has 1 amide bonds. The van der Waals surface area contributed by atoms with Crippen molar-refractivity contribution in [3.63, 3.8) is 0 Å². The van der Waals surface area contributed by atoms with Crippen molar-refractivity contribution < 1.29 is 9.21 Å². The molecule has 0 saturated heterocycles. The summed E-state index contributed by atoms with van der Waals surface area (Å²) in [5.41, 5.74) is 2.87. The lowest BCUT2D eigenvalue weighted by Crippen LogP contribution is -2.12. The van der Waals surface area contributed by atoms with E-state index in [-0.39, 0.29) is 12.3 Å². The highest BCUT2D eigenvalue weighted by molar-refractivity contribution is 7.99. The molecule has 0 bridgehead atoms. The van der Waals surface area contributed by atoms with Crippen LogP contribution in [0.5, 0.6) is 0 Å². The van der Waals surface area contributed by atoms with E-state index >= 15 is 0 Å². The van der Waals surface area contributed by atoms with Crippen LogP contribution in [0.15, 0.2) is 52.1 Å². The second kappa shape index (κ2) is 8.71. The number of hydrogen-bond donors (Lipinski definition) is 1. The smallest absolute Gasteiger partial charge is 0.276 e. The normalized spacial score (nSPS) is 10.4. The number of carbonyl (C=O) groups excluding carboxylic acids is 1. The van der Waals surface area contributed by atoms with Crippen molar-refractivity contribution in [2.45, 2.75) is 18.6 Å². The molecule has 27 heavy (non-hydrogen) atoms. The fourth-order valence-electron chi connectivity index (χ4n) is 2.33. The second-order valence-corrected chi connectivity index (χ2v) is 7.09. The lowest BCUT2D eigenvalue weighted by molar-refractivity contribution is -0.115. The number of anilines is 1. The monoisotopic (exact) mass is 398 g/mol. The Kier molecular flexibility index (Phi) is 6.12. The zero-order chi connectivity index (χ0) is 19.2. The molecule has 0 atom stereocenters. The number of carbonyl (C=O) groups is 1. The van der Waals surface area contributed by atoms with Gasteiger partial charge < -0.3 is 9.73 Å². The van der Waals surface area contributed by atoms with Crippen molar-refractivity contribution in [2.75, 3.05) is 11.1 Å². The summed E-state index contributed by atoms with van der Waals surface area (Å²) in [5.74, 6) is 0.791. The zero-order valence-corrected chi connectivity index (χ0v) is 16.0. The molecule has 1 heterocycles. The Balaban J connectivity index is 1.51. The van der Waals surface area contributed by atoms with Gasteiger partial charge in [-0.05, 0) is 36.8 Å². The number of halogens is 1. The third-order valence-corrected chi connectivity index (χ3v) is 4.84. The summed E-state index contributed by atoms with van der Waals surface area (Å²) in [6.45, 7) is 1.98. The highest BCUT2D eigenvalue weighted by atomic mass is 35.5. The van der Waals surface area contributed by atoms with Gasteiger partial charge in [-0.25, -0.2) is 0 Å². The van der Waals surface area contributed by atoms with Gasteiger partial charge in [-0.15, -0.1) is 10.2 Å². The molecule has 1 N–H and O–H groups in total. The molecule has 0 aliphatic rings. The van der Waals surface area contributed by atoms with E-state index in [1.54, 1.807) is 18.2 Å². The van der Waals surface area contributed by atoms with E-state index in [0.29, 0.717) is 33.1 Å². The van der Waals surface area contributed by atoms with E-state index in [9.17, 15) is 4.79 Å². The molecule has 0 fully saturated rings. The van der Waals surface area contributed by atoms with Crippen LogP contribution in [0.25, 0.3) is 11.5 Å². The molecule has 8 heteroatoms. The summed E-state index contributed by atoms with van der Waals surface area (Å²) in [6, 6.07) is 14.5. The predicted octanol–water partition coefficient (Wildman–Crippen LogP) is 4.69. The minimum atomic E-state index is -0.165. The molecule has 3 aromatic rings. The largest absolute Gasteiger partial charge is 0.411 e. The van der Waals surface area contributed by atoms with Crippen LogP contribution in [0.1, 0.15) is 17.5 Å². The quantitative estimate of drug-likeness (QED) is 0.605. The number of amides is 1. The summed E-state index contributed by atoms with van der Waals surface area (Å²) in [6.07, 6.45) is 0.268. The number of nitriles is 1. The number of aromatic nitrogens is 2. The van der Waals surface area contributed by atoms with Gasteiger partial charge in [-0.2, -0.15) is 5.26 Å². The van der Waals surface area contributed by atoms with Crippen molar-refractivity contribution >= 4 is 35.0 Å². The van der Waals surface area contributed by atoms with Crippen LogP contribution in [0.4, 0.5) is 5.69 Å². The van der Waals surface area contributed by atoms with Crippen LogP contribution in [-0.4, -0.2) is 21.9 Å². The lowest BCUT2D eigenvalue weighted by Gasteiger charge is -2.05. The topological polar surface area (TPSA) is 91.8 Å². The summed E-state index contributed by atoms with van der Waals surface area (Å²) in [7, 11) is 0. The first kappa shape index (κ1) is 19.0. The van der Waals surface area contributed by atoms with Gasteiger partial charge in [0.2, 0.25) is 11.8 Å². The first-order valence-electron chi connectivity index (χ1n) is 8.08. The maximum atomic E-state index is 12.0. The third kappa shape index (κ3) is 4.88. The molecule has 0 spiro atoms. The molecule has 136 valence electrons. The van der Waals surface area contributed by atoms with Crippen LogP contribution in [0.2, 0.25) is 5.02 Å². The molecule has 1 aromatic heterocycles. The average Bonchev–Trinajstić information content (AvgIpc) is 3.11. The molecular formula is C19H15ClN4O2S. The summed E-state index contributed by atoms with van der Waals surface area (Å²) >= 11 is 7.28. The van der Waals surface area contributed by atoms with Crippen molar-refractivity contribution in [3.8, 4) is 17.5 Å². The molecule has 0 radical (unpaired) electrons. The molecule has 6 nitrogen and oxygen atoms in total. The van der Waals surface area contributed by atoms with Gasteiger partial charge in [0.05, 0.1) is 10.6 Å². The average molecular weight is 399 g/mol. The Bertz CT molecular complexity index is 1010. The maximum Gasteiger partial charge on any atom is 0.276 e. The number of nitrogens with one attached hydrogen (secondary N) is 1. The van der Waals surface area contributed by atoms with Crippen LogP contribution >= 0.6 is 23.4 Å². The summed E-state index contributed by atoms with van der Waals surface area (Å²) in [4.78, 5) is 12.0. The highest BCUT2D eigenvalue weighted by Crippen LogP contribution is 2.26. The Morgan fingerprint density at radius 1 is 1.30 bits per heavy atom. The number of thioether (sulfide) groups is 1. The van der Waals surface area contributed by atoms with Crippen LogP contribution in [0, 0.1) is 18.3 Å². The fraction of sp³-hybridized carbons (Fsp3) is 0.158. The van der Waals surface area contributed by atoms with E-state index in [4.69, 9.17) is 21.3 Å². The molecule has 0 saturated carbocycles. The number of aryl methyl sites for hydroxylation is 1. The Morgan fingerprint density at radius 3 is 2.85 bits per heavy atom. The molecule has 2 aromatic carbocycles. The molecular weight excluding hydrogens is 384 g/mol. The number of hydrogen-bond acceptors (Lipinski definition) is 6. The van der Waals surface area contributed by atoms with E-state index in [1.807, 2.05) is 37.3 Å². The minimum absolute atomic E-state index is 0.165. The van der Waals surface area contributed by atoms with Gasteiger partial charge in [0.1, 0.15) is 6.07 Å². The lowest BCUT2D eigenvalue weighted by atomic mass is 10.1. The Morgan fingerprint density at radius 2 is 2.11 bits per heavy atom. The van der Waals surface area contributed by atoms with Crippen LogP contribution < -0.4 is 5.32 Å². The summed E-state index contributed by atoms with van der Waals surface area (Å²) < 4.78 is 5.65. The van der Waals surface area contributed by atoms with Crippen LogP contribution in [0.3, 0.4) is 0 Å². The van der Waals surface area contributed by atoms with Gasteiger partial charge in [0.25, 0.3) is 5.22 Å². The van der Waals surface area contributed by atoms with Gasteiger partial charge in [0.15, 0.2) is 0 Å². The van der Waals surface area contributed by atoms with Gasteiger partial charge in [-0.1, -0.05) is 41.6 Å². The zero-order valence-electron chi connectivity index (χ0n) is 14.4. The van der Waals surface area contributed by atoms with Gasteiger partial charge in [0, 0.05) is 23.4 Å². The molecule has 0 aliphatic heterocycles. The van der Waals surface area contributed by atoms with E-state index in [0.717, 1.165) is 11.1 Å². The molecule has 3 rings (SSSR count). The number of nitrogens with zero attached hydrogens (tertiary/aromatic N) is 3. The summed E-state index contributed by atoms with van der Waals surface area (Å²) in [5, 5.41) is 20.4. The number of benzene rings is 2. The maximum absolute atomic E-state index is 12.0. The van der Waals surface area contributed by atoms with Crippen molar-refractivity contribution in [2.24, 2.45) is 0 Å². The SMILES string of the molecule is Cc1ccccc1-c1nnc(SCCC(=O)Nc2ccc(C#N)c(Cl)c2)o1. The predicted molar refractivity (Wildman–Crippen MR) is 105 cm³/mol. The third-order valence-electron chi connectivity index (χ3n) is 3.71. The van der Waals surface area contributed by atoms with E-state index in [1.165, 1.54) is 11.8 Å². The Hall–Kier alpha value is -2.82. The van der Waals surface area contributed by atoms with Crippen molar-refractivity contribution in [1.82, 2.24) is 10.2 Å². The number of rotatable bonds is 6. The molecule has 0 unspecified atom stereocenters. The first-order chi connectivity index (χ1) is 13.1. The van der Waals surface area contributed by atoms with E-state index in [2.05, 4.69) is 15.5 Å². The second-order valence-electron chi connectivity index (χ2n) is 5.64. The molecule has 0 aliphatic carbocycles.